The molecule has 2 heterocycles. The zero-order valence-electron chi connectivity index (χ0n) is 17.7. The average molecular weight is 396 g/mol. The summed E-state index contributed by atoms with van der Waals surface area (Å²) in [6, 6.07) is 4.68. The largest absolute Gasteiger partial charge is 0.494 e. The highest BCUT2D eigenvalue weighted by molar-refractivity contribution is 5.45. The molecule has 1 N–H and O–H groups in total. The molecule has 3 aliphatic rings. The first-order chi connectivity index (χ1) is 14.1. The maximum absolute atomic E-state index is 11.8. The number of ether oxygens (including phenoxy) is 1. The number of fused-ring (bicyclic) bond motifs is 3. The van der Waals surface area contributed by atoms with Gasteiger partial charge in [-0.25, -0.2) is 4.98 Å². The number of nitrogens with zero attached hydrogens (tertiary/aromatic N) is 3. The van der Waals surface area contributed by atoms with E-state index in [1.807, 2.05) is 24.0 Å². The van der Waals surface area contributed by atoms with E-state index in [0.717, 1.165) is 44.0 Å². The van der Waals surface area contributed by atoms with Crippen LogP contribution in [0, 0.1) is 11.8 Å². The van der Waals surface area contributed by atoms with Crippen molar-refractivity contribution in [3.05, 3.63) is 47.0 Å². The number of benzene rings is 1. The molecule has 2 fully saturated rings. The van der Waals surface area contributed by atoms with Crippen molar-refractivity contribution in [3.63, 3.8) is 0 Å². The molecule has 1 saturated heterocycles. The Morgan fingerprint density at radius 3 is 2.52 bits per heavy atom. The Kier molecular flexibility index (Phi) is 4.91. The van der Waals surface area contributed by atoms with E-state index in [2.05, 4.69) is 28.9 Å². The molecule has 2 atom stereocenters. The molecule has 1 aromatic heterocycles. The SMILES string of the molecule is CCOc1cc2c(cc1CN1CC3CCCC(C1)C3(O)c1nccn1C)CCC2. The first-order valence-electron chi connectivity index (χ1n) is 11.3. The zero-order valence-corrected chi connectivity index (χ0v) is 17.7. The van der Waals surface area contributed by atoms with Gasteiger partial charge in [0.05, 0.1) is 6.61 Å². The van der Waals surface area contributed by atoms with Crippen molar-refractivity contribution in [2.24, 2.45) is 18.9 Å². The van der Waals surface area contributed by atoms with E-state index in [-0.39, 0.29) is 11.8 Å². The number of piperidine rings is 1. The maximum Gasteiger partial charge on any atom is 0.141 e. The summed E-state index contributed by atoms with van der Waals surface area (Å²) in [6.07, 6.45) is 10.7. The molecule has 5 nitrogen and oxygen atoms in total. The van der Waals surface area contributed by atoms with Gasteiger partial charge in [-0.3, -0.25) is 4.90 Å². The number of aliphatic hydroxyl groups is 1. The number of hydrogen-bond acceptors (Lipinski definition) is 4. The lowest BCUT2D eigenvalue weighted by molar-refractivity contribution is -0.155. The van der Waals surface area contributed by atoms with Gasteiger partial charge in [0, 0.05) is 56.5 Å². The minimum Gasteiger partial charge on any atom is -0.494 e. The molecule has 2 aliphatic carbocycles. The Morgan fingerprint density at radius 2 is 1.86 bits per heavy atom. The zero-order chi connectivity index (χ0) is 20.0. The van der Waals surface area contributed by atoms with Crippen LogP contribution in [0.4, 0.5) is 0 Å². The summed E-state index contributed by atoms with van der Waals surface area (Å²) in [6.45, 7) is 5.52. The van der Waals surface area contributed by atoms with Gasteiger partial charge in [0.1, 0.15) is 17.2 Å². The Hall–Kier alpha value is -1.85. The van der Waals surface area contributed by atoms with E-state index in [1.54, 1.807) is 0 Å². The molecular weight excluding hydrogens is 362 g/mol. The Bertz CT molecular complexity index is 876. The van der Waals surface area contributed by atoms with E-state index >= 15 is 0 Å². The number of imidazole rings is 1. The standard InChI is InChI=1S/C24H33N3O2/c1-3-29-22-13-18-7-4-6-17(18)12-19(22)14-27-15-20-8-5-9-21(16-27)24(20,28)23-25-10-11-26(23)2/h10-13,20-21,28H,3-9,14-16H2,1-2H3. The van der Waals surface area contributed by atoms with E-state index < -0.39 is 5.60 Å². The summed E-state index contributed by atoms with van der Waals surface area (Å²) in [4.78, 5) is 7.10. The van der Waals surface area contributed by atoms with E-state index in [1.165, 1.54) is 42.4 Å². The average Bonchev–Trinajstić information content (AvgIpc) is 3.31. The van der Waals surface area contributed by atoms with E-state index in [9.17, 15) is 5.11 Å². The molecule has 1 aromatic carbocycles. The number of rotatable bonds is 5. The number of likely N-dealkylation sites (tertiary alicyclic amines) is 1. The van der Waals surface area contributed by atoms with Crippen molar-refractivity contribution in [2.45, 2.75) is 57.6 Å². The topological polar surface area (TPSA) is 50.5 Å². The van der Waals surface area contributed by atoms with Crippen LogP contribution < -0.4 is 4.74 Å². The molecule has 156 valence electrons. The molecule has 1 aliphatic heterocycles. The van der Waals surface area contributed by atoms with E-state index in [0.29, 0.717) is 6.61 Å². The maximum atomic E-state index is 11.8. The van der Waals surface area contributed by atoms with Gasteiger partial charge in [-0.05, 0) is 56.2 Å². The predicted molar refractivity (Wildman–Crippen MR) is 113 cm³/mol. The summed E-state index contributed by atoms with van der Waals surface area (Å²) >= 11 is 0. The van der Waals surface area contributed by atoms with Crippen LogP contribution in [0.3, 0.4) is 0 Å². The van der Waals surface area contributed by atoms with Crippen LogP contribution >= 0.6 is 0 Å². The van der Waals surface area contributed by atoms with Crippen LogP contribution in [0.2, 0.25) is 0 Å². The van der Waals surface area contributed by atoms with Gasteiger partial charge in [0.15, 0.2) is 0 Å². The molecule has 2 unspecified atom stereocenters. The molecule has 0 radical (unpaired) electrons. The van der Waals surface area contributed by atoms with Gasteiger partial charge in [-0.2, -0.15) is 0 Å². The third-order valence-electron chi connectivity index (χ3n) is 7.46. The first-order valence-corrected chi connectivity index (χ1v) is 11.3. The van der Waals surface area contributed by atoms with Gasteiger partial charge in [-0.15, -0.1) is 0 Å². The van der Waals surface area contributed by atoms with Crippen molar-refractivity contribution in [1.82, 2.24) is 14.5 Å². The lowest BCUT2D eigenvalue weighted by atomic mass is 9.65. The first kappa shape index (κ1) is 19.1. The fourth-order valence-electron chi connectivity index (χ4n) is 6.10. The highest BCUT2D eigenvalue weighted by atomic mass is 16.5. The fraction of sp³-hybridized carbons (Fsp3) is 0.625. The molecule has 29 heavy (non-hydrogen) atoms. The predicted octanol–water partition coefficient (Wildman–Crippen LogP) is 3.43. The lowest BCUT2D eigenvalue weighted by Crippen LogP contribution is -2.58. The quantitative estimate of drug-likeness (QED) is 0.843. The highest BCUT2D eigenvalue weighted by Crippen LogP contribution is 2.49. The summed E-state index contributed by atoms with van der Waals surface area (Å²) in [5, 5.41) is 11.8. The Balaban J connectivity index is 1.41. The van der Waals surface area contributed by atoms with Gasteiger partial charge in [-0.1, -0.05) is 12.5 Å². The van der Waals surface area contributed by atoms with Crippen LogP contribution in [-0.4, -0.2) is 39.3 Å². The fourth-order valence-corrected chi connectivity index (χ4v) is 6.10. The number of aryl methyl sites for hydroxylation is 3. The van der Waals surface area contributed by atoms with Crippen molar-refractivity contribution < 1.29 is 9.84 Å². The molecule has 5 heteroatoms. The number of hydrogen-bond donors (Lipinski definition) is 1. The summed E-state index contributed by atoms with van der Waals surface area (Å²) in [5.74, 6) is 2.38. The van der Waals surface area contributed by atoms with Crippen LogP contribution in [0.15, 0.2) is 24.5 Å². The highest BCUT2D eigenvalue weighted by Gasteiger charge is 2.53. The van der Waals surface area contributed by atoms with Crippen molar-refractivity contribution in [1.29, 1.82) is 0 Å². The summed E-state index contributed by atoms with van der Waals surface area (Å²) in [7, 11) is 2.00. The summed E-state index contributed by atoms with van der Waals surface area (Å²) < 4.78 is 8.03. The molecule has 5 rings (SSSR count). The van der Waals surface area contributed by atoms with Crippen LogP contribution in [0.5, 0.6) is 5.75 Å². The Labute approximate surface area is 173 Å². The van der Waals surface area contributed by atoms with Crippen LogP contribution in [-0.2, 0) is 32.0 Å². The van der Waals surface area contributed by atoms with Gasteiger partial charge >= 0.3 is 0 Å². The Morgan fingerprint density at radius 1 is 1.14 bits per heavy atom. The summed E-state index contributed by atoms with van der Waals surface area (Å²) in [5.41, 5.74) is 3.49. The lowest BCUT2D eigenvalue weighted by Gasteiger charge is -2.52. The molecular formula is C24H33N3O2. The minimum absolute atomic E-state index is 0.237. The molecule has 0 amide bonds. The van der Waals surface area contributed by atoms with E-state index in [4.69, 9.17) is 4.74 Å². The number of aromatic nitrogens is 2. The van der Waals surface area contributed by atoms with Crippen molar-refractivity contribution >= 4 is 0 Å². The molecule has 2 aromatic rings. The minimum atomic E-state index is -0.798. The second-order valence-electron chi connectivity index (χ2n) is 9.22. The normalized spacial score (nSPS) is 29.1. The molecule has 1 saturated carbocycles. The second kappa shape index (κ2) is 7.44. The molecule has 2 bridgehead atoms. The van der Waals surface area contributed by atoms with Crippen LogP contribution in [0.1, 0.15) is 55.1 Å². The second-order valence-corrected chi connectivity index (χ2v) is 9.22. The smallest absolute Gasteiger partial charge is 0.141 e. The van der Waals surface area contributed by atoms with Crippen molar-refractivity contribution in [3.8, 4) is 5.75 Å². The monoisotopic (exact) mass is 395 g/mol. The van der Waals surface area contributed by atoms with Gasteiger partial charge in [0.2, 0.25) is 0 Å². The molecule has 0 spiro atoms. The third kappa shape index (κ3) is 3.19. The van der Waals surface area contributed by atoms with Crippen molar-refractivity contribution in [2.75, 3.05) is 19.7 Å². The van der Waals surface area contributed by atoms with Gasteiger partial charge in [0.25, 0.3) is 0 Å². The van der Waals surface area contributed by atoms with Gasteiger partial charge < -0.3 is 14.4 Å². The third-order valence-corrected chi connectivity index (χ3v) is 7.46. The van der Waals surface area contributed by atoms with Crippen LogP contribution in [0.25, 0.3) is 0 Å².